The first-order valence-corrected chi connectivity index (χ1v) is 6.98. The number of halogens is 1. The smallest absolute Gasteiger partial charge is 0.262 e. The Morgan fingerprint density at radius 3 is 2.60 bits per heavy atom. The number of nitrogens with two attached hydrogens (primary N) is 1. The van der Waals surface area contributed by atoms with E-state index in [1.54, 1.807) is 0 Å². The van der Waals surface area contributed by atoms with Gasteiger partial charge in [0.05, 0.1) is 29.6 Å². The molecule has 0 amide bonds. The number of pyridine rings is 1. The summed E-state index contributed by atoms with van der Waals surface area (Å²) < 4.78 is 44.5. The van der Waals surface area contributed by atoms with Gasteiger partial charge in [-0.1, -0.05) is 0 Å². The van der Waals surface area contributed by atoms with E-state index in [1.165, 1.54) is 37.6 Å². The third-order valence-electron chi connectivity index (χ3n) is 2.48. The number of nitrogen functional groups attached to an aromatic ring is 1. The lowest BCUT2D eigenvalue weighted by molar-refractivity contribution is 0.398. The van der Waals surface area contributed by atoms with E-state index in [1.807, 2.05) is 0 Å². The van der Waals surface area contributed by atoms with Gasteiger partial charge in [0.2, 0.25) is 5.88 Å². The molecule has 6 nitrogen and oxygen atoms in total. The highest BCUT2D eigenvalue weighted by Gasteiger charge is 2.16. The quantitative estimate of drug-likeness (QED) is 0.836. The second-order valence-electron chi connectivity index (χ2n) is 3.88. The van der Waals surface area contributed by atoms with Crippen molar-refractivity contribution in [2.75, 3.05) is 17.6 Å². The van der Waals surface area contributed by atoms with Crippen LogP contribution < -0.4 is 15.2 Å². The number of anilines is 2. The predicted octanol–water partition coefficient (Wildman–Crippen LogP) is 1.61. The van der Waals surface area contributed by atoms with E-state index >= 15 is 0 Å². The molecule has 0 aliphatic carbocycles. The van der Waals surface area contributed by atoms with Crippen molar-refractivity contribution < 1.29 is 17.5 Å². The maximum absolute atomic E-state index is 13.3. The van der Waals surface area contributed by atoms with E-state index in [4.69, 9.17) is 10.5 Å². The minimum Gasteiger partial charge on any atom is -0.481 e. The van der Waals surface area contributed by atoms with Crippen LogP contribution in [-0.2, 0) is 10.0 Å². The molecule has 8 heteroatoms. The summed E-state index contributed by atoms with van der Waals surface area (Å²) in [4.78, 5) is 3.64. The summed E-state index contributed by atoms with van der Waals surface area (Å²) >= 11 is 0. The number of rotatable bonds is 4. The summed E-state index contributed by atoms with van der Waals surface area (Å²) in [6, 6.07) is 6.25. The predicted molar refractivity (Wildman–Crippen MR) is 72.4 cm³/mol. The van der Waals surface area contributed by atoms with Gasteiger partial charge in [-0.25, -0.2) is 17.8 Å². The molecule has 0 aliphatic heterocycles. The number of aromatic nitrogens is 1. The van der Waals surface area contributed by atoms with Crippen LogP contribution in [0.4, 0.5) is 15.8 Å². The molecule has 1 aromatic carbocycles. The first-order valence-electron chi connectivity index (χ1n) is 5.50. The van der Waals surface area contributed by atoms with Crippen molar-refractivity contribution in [3.63, 3.8) is 0 Å². The molecule has 106 valence electrons. The van der Waals surface area contributed by atoms with Gasteiger partial charge in [0.25, 0.3) is 10.0 Å². The van der Waals surface area contributed by atoms with Gasteiger partial charge in [-0.2, -0.15) is 0 Å². The van der Waals surface area contributed by atoms with Gasteiger partial charge in [0.15, 0.2) is 0 Å². The molecule has 0 aliphatic rings. The van der Waals surface area contributed by atoms with Crippen molar-refractivity contribution in [1.29, 1.82) is 0 Å². The van der Waals surface area contributed by atoms with Crippen LogP contribution in [0.1, 0.15) is 0 Å². The average molecular weight is 297 g/mol. The molecule has 0 fully saturated rings. The fraction of sp³-hybridized carbons (Fsp3) is 0.0833. The summed E-state index contributed by atoms with van der Waals surface area (Å²) in [5.41, 5.74) is 5.43. The minimum absolute atomic E-state index is 0.116. The van der Waals surface area contributed by atoms with Crippen molar-refractivity contribution >= 4 is 21.4 Å². The summed E-state index contributed by atoms with van der Waals surface area (Å²) in [5.74, 6) is -0.438. The Kier molecular flexibility index (Phi) is 3.75. The normalized spacial score (nSPS) is 11.1. The topological polar surface area (TPSA) is 94.3 Å². The zero-order chi connectivity index (χ0) is 14.8. The van der Waals surface area contributed by atoms with Crippen molar-refractivity contribution in [1.82, 2.24) is 4.98 Å². The molecule has 0 saturated carbocycles. The number of nitrogens with one attached hydrogen (secondary N) is 1. The average Bonchev–Trinajstić information content (AvgIpc) is 2.42. The van der Waals surface area contributed by atoms with Gasteiger partial charge in [-0.15, -0.1) is 0 Å². The molecule has 2 aromatic rings. The highest BCUT2D eigenvalue weighted by molar-refractivity contribution is 7.92. The van der Waals surface area contributed by atoms with Gasteiger partial charge < -0.3 is 10.5 Å². The minimum atomic E-state index is -3.90. The summed E-state index contributed by atoms with van der Waals surface area (Å²) in [7, 11) is -2.45. The van der Waals surface area contributed by atoms with Gasteiger partial charge in [0, 0.05) is 6.07 Å². The number of ether oxygens (including phenoxy) is 1. The monoisotopic (exact) mass is 297 g/mol. The zero-order valence-corrected chi connectivity index (χ0v) is 11.3. The molecule has 3 N–H and O–H groups in total. The number of sulfonamides is 1. The van der Waals surface area contributed by atoms with Crippen LogP contribution in [0, 0.1) is 5.82 Å². The standard InChI is InChI=1S/C12H12FN3O3S/c1-19-12-5-2-8(7-15-12)16-20(17,18)9-3-4-11(14)10(13)6-9/h2-7,16H,14H2,1H3. The zero-order valence-electron chi connectivity index (χ0n) is 10.5. The van der Waals surface area contributed by atoms with Crippen LogP contribution in [0.15, 0.2) is 41.4 Å². The maximum Gasteiger partial charge on any atom is 0.262 e. The lowest BCUT2D eigenvalue weighted by Gasteiger charge is -2.08. The van der Waals surface area contributed by atoms with Crippen molar-refractivity contribution in [2.45, 2.75) is 4.90 Å². The van der Waals surface area contributed by atoms with E-state index in [0.29, 0.717) is 5.88 Å². The van der Waals surface area contributed by atoms with Gasteiger partial charge in [0.1, 0.15) is 5.82 Å². The molecule has 1 heterocycles. The Hall–Kier alpha value is -2.35. The Morgan fingerprint density at radius 1 is 1.30 bits per heavy atom. The third kappa shape index (κ3) is 2.97. The molecule has 1 aromatic heterocycles. The maximum atomic E-state index is 13.3. The molecule has 2 rings (SSSR count). The van der Waals surface area contributed by atoms with Crippen molar-refractivity contribution in [3.8, 4) is 5.88 Å². The lowest BCUT2D eigenvalue weighted by Crippen LogP contribution is -2.13. The Labute approximate surface area is 115 Å². The van der Waals surface area contributed by atoms with Crippen LogP contribution in [-0.4, -0.2) is 20.5 Å². The molecule has 0 radical (unpaired) electrons. The highest BCUT2D eigenvalue weighted by atomic mass is 32.2. The second kappa shape index (κ2) is 5.33. The first-order chi connectivity index (χ1) is 9.42. The van der Waals surface area contributed by atoms with E-state index in [2.05, 4.69) is 9.71 Å². The number of benzene rings is 1. The molecule has 0 atom stereocenters. The first kappa shape index (κ1) is 14.1. The lowest BCUT2D eigenvalue weighted by atomic mass is 10.3. The molecule has 0 bridgehead atoms. The van der Waals surface area contributed by atoms with Crippen LogP contribution in [0.25, 0.3) is 0 Å². The Bertz CT molecular complexity index is 717. The van der Waals surface area contributed by atoms with E-state index in [9.17, 15) is 12.8 Å². The third-order valence-corrected chi connectivity index (χ3v) is 3.86. The molecule has 0 saturated heterocycles. The summed E-state index contributed by atoms with van der Waals surface area (Å²) in [5, 5.41) is 0. The number of methoxy groups -OCH3 is 1. The fourth-order valence-corrected chi connectivity index (χ4v) is 2.51. The van der Waals surface area contributed by atoms with Gasteiger partial charge >= 0.3 is 0 Å². The summed E-state index contributed by atoms with van der Waals surface area (Å²) in [6.07, 6.45) is 1.30. The van der Waals surface area contributed by atoms with E-state index < -0.39 is 15.8 Å². The van der Waals surface area contributed by atoms with Crippen LogP contribution in [0.3, 0.4) is 0 Å². The Morgan fingerprint density at radius 2 is 2.05 bits per heavy atom. The highest BCUT2D eigenvalue weighted by Crippen LogP contribution is 2.20. The summed E-state index contributed by atoms with van der Waals surface area (Å²) in [6.45, 7) is 0. The van der Waals surface area contributed by atoms with Gasteiger partial charge in [-0.05, 0) is 24.3 Å². The largest absolute Gasteiger partial charge is 0.481 e. The van der Waals surface area contributed by atoms with E-state index in [0.717, 1.165) is 6.07 Å². The SMILES string of the molecule is COc1ccc(NS(=O)(=O)c2ccc(N)c(F)c2)cn1. The van der Waals surface area contributed by atoms with E-state index in [-0.39, 0.29) is 16.3 Å². The van der Waals surface area contributed by atoms with Crippen LogP contribution in [0.5, 0.6) is 5.88 Å². The van der Waals surface area contributed by atoms with Crippen LogP contribution >= 0.6 is 0 Å². The number of nitrogens with zero attached hydrogens (tertiary/aromatic N) is 1. The van der Waals surface area contributed by atoms with Crippen molar-refractivity contribution in [2.24, 2.45) is 0 Å². The Balaban J connectivity index is 2.27. The van der Waals surface area contributed by atoms with Gasteiger partial charge in [-0.3, -0.25) is 4.72 Å². The number of hydrogen-bond donors (Lipinski definition) is 2. The molecule has 20 heavy (non-hydrogen) atoms. The molecular formula is C12H12FN3O3S. The molecular weight excluding hydrogens is 285 g/mol. The fourth-order valence-electron chi connectivity index (χ4n) is 1.45. The number of hydrogen-bond acceptors (Lipinski definition) is 5. The van der Waals surface area contributed by atoms with Crippen LogP contribution in [0.2, 0.25) is 0 Å². The molecule has 0 spiro atoms. The second-order valence-corrected chi connectivity index (χ2v) is 5.56. The molecule has 0 unspecified atom stereocenters. The van der Waals surface area contributed by atoms with Crippen molar-refractivity contribution in [3.05, 3.63) is 42.3 Å².